The first-order valence-corrected chi connectivity index (χ1v) is 7.19. The number of fused-ring (bicyclic) bond motifs is 1. The van der Waals surface area contributed by atoms with Crippen LogP contribution >= 0.6 is 0 Å². The summed E-state index contributed by atoms with van der Waals surface area (Å²) in [6, 6.07) is 8.06. The zero-order chi connectivity index (χ0) is 14.7. The first-order valence-electron chi connectivity index (χ1n) is 7.19. The Kier molecular flexibility index (Phi) is 3.92. The van der Waals surface area contributed by atoms with Crippen LogP contribution < -0.4 is 5.32 Å². The molecule has 5 heteroatoms. The van der Waals surface area contributed by atoms with E-state index in [0.29, 0.717) is 0 Å². The molecule has 2 heterocycles. The summed E-state index contributed by atoms with van der Waals surface area (Å²) in [4.78, 5) is 13.6. The van der Waals surface area contributed by atoms with Gasteiger partial charge in [-0.25, -0.2) is 9.97 Å². The fraction of sp³-hybridized carbons (Fsp3) is 0.312. The van der Waals surface area contributed by atoms with Gasteiger partial charge in [0.1, 0.15) is 5.82 Å². The molecule has 3 rings (SSSR count). The van der Waals surface area contributed by atoms with Gasteiger partial charge in [-0.3, -0.25) is 4.98 Å². The first-order chi connectivity index (χ1) is 10.3. The van der Waals surface area contributed by atoms with E-state index in [1.54, 1.807) is 0 Å². The average molecular weight is 281 g/mol. The maximum atomic E-state index is 4.74. The van der Waals surface area contributed by atoms with Crippen molar-refractivity contribution in [2.24, 2.45) is 7.05 Å². The summed E-state index contributed by atoms with van der Waals surface area (Å²) in [6.45, 7) is 2.98. The molecule has 2 aromatic heterocycles. The monoisotopic (exact) mass is 281 g/mol. The molecule has 0 radical (unpaired) electrons. The number of aryl methyl sites for hydroxylation is 1. The Morgan fingerprint density at radius 1 is 1.19 bits per heavy atom. The average Bonchev–Trinajstić information content (AvgIpc) is 2.91. The molecule has 0 saturated carbocycles. The molecule has 3 aromatic rings. The number of para-hydroxylation sites is 2. The molecule has 0 spiro atoms. The minimum atomic E-state index is 0.119. The normalized spacial score (nSPS) is 12.7. The van der Waals surface area contributed by atoms with Crippen molar-refractivity contribution in [2.75, 3.05) is 6.54 Å². The number of aromatic nitrogens is 4. The molecule has 21 heavy (non-hydrogen) atoms. The van der Waals surface area contributed by atoms with Crippen LogP contribution in [-0.4, -0.2) is 26.1 Å². The second-order valence-electron chi connectivity index (χ2n) is 5.05. The van der Waals surface area contributed by atoms with Gasteiger partial charge in [0.05, 0.1) is 29.0 Å². The van der Waals surface area contributed by atoms with Crippen LogP contribution in [0.3, 0.4) is 0 Å². The third kappa shape index (κ3) is 2.92. The summed E-state index contributed by atoms with van der Waals surface area (Å²) in [5.74, 6) is 1.04. The predicted molar refractivity (Wildman–Crippen MR) is 82.9 cm³/mol. The molecule has 5 nitrogen and oxygen atoms in total. The Labute approximate surface area is 124 Å². The van der Waals surface area contributed by atoms with Crippen LogP contribution in [0.1, 0.15) is 24.5 Å². The lowest BCUT2D eigenvalue weighted by Crippen LogP contribution is -2.25. The van der Waals surface area contributed by atoms with Gasteiger partial charge >= 0.3 is 0 Å². The Morgan fingerprint density at radius 2 is 2.00 bits per heavy atom. The minimum absolute atomic E-state index is 0.119. The maximum Gasteiger partial charge on any atom is 0.110 e. The van der Waals surface area contributed by atoms with Crippen molar-refractivity contribution >= 4 is 11.0 Å². The van der Waals surface area contributed by atoms with Crippen LogP contribution in [0, 0.1) is 0 Å². The van der Waals surface area contributed by atoms with Gasteiger partial charge in [-0.1, -0.05) is 19.1 Å². The second kappa shape index (κ2) is 6.01. The molecule has 1 unspecified atom stereocenters. The van der Waals surface area contributed by atoms with Crippen molar-refractivity contribution < 1.29 is 0 Å². The van der Waals surface area contributed by atoms with Crippen molar-refractivity contribution in [3.05, 3.63) is 54.4 Å². The van der Waals surface area contributed by atoms with Gasteiger partial charge in [-0.05, 0) is 18.7 Å². The van der Waals surface area contributed by atoms with Crippen LogP contribution in [0.15, 0.2) is 42.9 Å². The molecular formula is C16H19N5. The lowest BCUT2D eigenvalue weighted by molar-refractivity contribution is 0.517. The molecule has 0 bridgehead atoms. The Morgan fingerprint density at radius 3 is 2.71 bits per heavy atom. The number of hydrogen-bond donors (Lipinski definition) is 1. The van der Waals surface area contributed by atoms with E-state index in [1.165, 1.54) is 0 Å². The van der Waals surface area contributed by atoms with E-state index in [9.17, 15) is 0 Å². The smallest absolute Gasteiger partial charge is 0.110 e. The van der Waals surface area contributed by atoms with Crippen molar-refractivity contribution in [1.29, 1.82) is 0 Å². The summed E-state index contributed by atoms with van der Waals surface area (Å²) >= 11 is 0. The Balaban J connectivity index is 1.93. The van der Waals surface area contributed by atoms with Gasteiger partial charge in [0, 0.05) is 25.9 Å². The van der Waals surface area contributed by atoms with Crippen molar-refractivity contribution in [2.45, 2.75) is 19.4 Å². The molecule has 0 saturated heterocycles. The van der Waals surface area contributed by atoms with Gasteiger partial charge in [0.2, 0.25) is 0 Å². The summed E-state index contributed by atoms with van der Waals surface area (Å²) in [5, 5.41) is 3.47. The standard InChI is InChI=1S/C16H19N5/c1-3-17-14(10-16-18-8-9-21(16)2)15-11-19-12-6-4-5-7-13(12)20-15/h4-9,11,14,17H,3,10H2,1-2H3. The highest BCUT2D eigenvalue weighted by molar-refractivity contribution is 5.73. The number of benzene rings is 1. The van der Waals surface area contributed by atoms with E-state index in [4.69, 9.17) is 4.98 Å². The molecule has 1 N–H and O–H groups in total. The van der Waals surface area contributed by atoms with E-state index in [2.05, 4.69) is 22.2 Å². The maximum absolute atomic E-state index is 4.74. The molecule has 1 aromatic carbocycles. The molecule has 0 aliphatic rings. The molecular weight excluding hydrogens is 262 g/mol. The molecule has 0 aliphatic carbocycles. The second-order valence-corrected chi connectivity index (χ2v) is 5.05. The summed E-state index contributed by atoms with van der Waals surface area (Å²) < 4.78 is 2.04. The van der Waals surface area contributed by atoms with E-state index >= 15 is 0 Å². The van der Waals surface area contributed by atoms with Crippen LogP contribution in [0.2, 0.25) is 0 Å². The zero-order valence-electron chi connectivity index (χ0n) is 12.3. The highest BCUT2D eigenvalue weighted by atomic mass is 15.0. The molecule has 1 atom stereocenters. The third-order valence-electron chi connectivity index (χ3n) is 3.58. The SMILES string of the molecule is CCNC(Cc1nccn1C)c1cnc2ccccc2n1. The Bertz CT molecular complexity index is 734. The molecule has 0 fully saturated rings. The number of rotatable bonds is 5. The number of hydrogen-bond acceptors (Lipinski definition) is 4. The third-order valence-corrected chi connectivity index (χ3v) is 3.58. The lowest BCUT2D eigenvalue weighted by Gasteiger charge is -2.17. The first kappa shape index (κ1) is 13.7. The highest BCUT2D eigenvalue weighted by Gasteiger charge is 2.16. The van der Waals surface area contributed by atoms with E-state index in [1.807, 2.05) is 54.5 Å². The largest absolute Gasteiger partial charge is 0.338 e. The van der Waals surface area contributed by atoms with Crippen molar-refractivity contribution in [3.8, 4) is 0 Å². The zero-order valence-corrected chi connectivity index (χ0v) is 12.3. The van der Waals surface area contributed by atoms with Gasteiger partial charge in [0.15, 0.2) is 0 Å². The van der Waals surface area contributed by atoms with Crippen LogP contribution in [0.4, 0.5) is 0 Å². The Hall–Kier alpha value is -2.27. The predicted octanol–water partition coefficient (Wildman–Crippen LogP) is 2.26. The summed E-state index contributed by atoms with van der Waals surface area (Å²) in [7, 11) is 2.01. The fourth-order valence-electron chi connectivity index (χ4n) is 2.44. The summed E-state index contributed by atoms with van der Waals surface area (Å²) in [5.41, 5.74) is 2.81. The number of likely N-dealkylation sites (N-methyl/N-ethyl adjacent to an activating group) is 1. The van der Waals surface area contributed by atoms with Crippen LogP contribution in [0.25, 0.3) is 11.0 Å². The number of nitrogens with one attached hydrogen (secondary N) is 1. The van der Waals surface area contributed by atoms with Gasteiger partial charge < -0.3 is 9.88 Å². The van der Waals surface area contributed by atoms with Crippen LogP contribution in [0.5, 0.6) is 0 Å². The van der Waals surface area contributed by atoms with E-state index < -0.39 is 0 Å². The van der Waals surface area contributed by atoms with Gasteiger partial charge in [0.25, 0.3) is 0 Å². The minimum Gasteiger partial charge on any atom is -0.338 e. The topological polar surface area (TPSA) is 55.6 Å². The van der Waals surface area contributed by atoms with Crippen LogP contribution in [-0.2, 0) is 13.5 Å². The molecule has 0 amide bonds. The van der Waals surface area contributed by atoms with Gasteiger partial charge in [-0.2, -0.15) is 0 Å². The van der Waals surface area contributed by atoms with E-state index in [-0.39, 0.29) is 6.04 Å². The fourth-order valence-corrected chi connectivity index (χ4v) is 2.44. The molecule has 108 valence electrons. The lowest BCUT2D eigenvalue weighted by atomic mass is 10.1. The number of nitrogens with zero attached hydrogens (tertiary/aromatic N) is 4. The van der Waals surface area contributed by atoms with Crippen molar-refractivity contribution in [1.82, 2.24) is 24.8 Å². The summed E-state index contributed by atoms with van der Waals surface area (Å²) in [6.07, 6.45) is 6.44. The van der Waals surface area contributed by atoms with E-state index in [0.717, 1.165) is 35.5 Å². The van der Waals surface area contributed by atoms with Crippen molar-refractivity contribution in [3.63, 3.8) is 0 Å². The van der Waals surface area contributed by atoms with Gasteiger partial charge in [-0.15, -0.1) is 0 Å². The highest BCUT2D eigenvalue weighted by Crippen LogP contribution is 2.17. The number of imidazole rings is 1. The quantitative estimate of drug-likeness (QED) is 0.779. The molecule has 0 aliphatic heterocycles.